The lowest BCUT2D eigenvalue weighted by Gasteiger charge is -2.11. The molecule has 0 saturated carbocycles. The number of benzene rings is 1. The topological polar surface area (TPSA) is 85.1 Å². The molecular weight excluding hydrogens is 354 g/mol. The predicted molar refractivity (Wildman–Crippen MR) is 103 cm³/mol. The summed E-state index contributed by atoms with van der Waals surface area (Å²) in [5, 5.41) is 10.5. The second kappa shape index (κ2) is 9.17. The van der Waals surface area contributed by atoms with Crippen LogP contribution in [0, 0.1) is 0 Å². The van der Waals surface area contributed by atoms with Gasteiger partial charge >= 0.3 is 0 Å². The highest BCUT2D eigenvalue weighted by Crippen LogP contribution is 2.31. The zero-order chi connectivity index (χ0) is 17.6. The second-order valence-corrected chi connectivity index (χ2v) is 5.63. The zero-order valence-corrected chi connectivity index (χ0v) is 15.7. The molecule has 1 unspecified atom stereocenters. The molecule has 2 N–H and O–H groups in total. The molecule has 1 atom stereocenters. The Hall–Kier alpha value is -2.64. The van der Waals surface area contributed by atoms with E-state index in [1.807, 2.05) is 43.4 Å². The van der Waals surface area contributed by atoms with E-state index in [1.54, 1.807) is 13.3 Å². The molecule has 3 rings (SSSR count). The number of aromatic nitrogens is 3. The number of halogens is 1. The fourth-order valence-corrected chi connectivity index (χ4v) is 2.38. The van der Waals surface area contributed by atoms with Crippen LogP contribution in [0.2, 0.25) is 0 Å². The molecule has 0 aliphatic carbocycles. The van der Waals surface area contributed by atoms with Crippen molar-refractivity contribution < 1.29 is 9.26 Å². The van der Waals surface area contributed by atoms with Crippen LogP contribution in [-0.4, -0.2) is 35.3 Å². The van der Waals surface area contributed by atoms with Gasteiger partial charge in [0.05, 0.1) is 18.4 Å². The third-order valence-electron chi connectivity index (χ3n) is 3.85. The first-order chi connectivity index (χ1) is 12.2. The normalized spacial score (nSPS) is 11.5. The smallest absolute Gasteiger partial charge is 0.261 e. The quantitative estimate of drug-likeness (QED) is 0.654. The van der Waals surface area contributed by atoms with Gasteiger partial charge in [0.25, 0.3) is 5.89 Å². The minimum absolute atomic E-state index is 0. The summed E-state index contributed by atoms with van der Waals surface area (Å²) in [5.41, 5.74) is 1.55. The largest absolute Gasteiger partial charge is 0.495 e. The van der Waals surface area contributed by atoms with Crippen LogP contribution in [0.3, 0.4) is 0 Å². The Kier molecular flexibility index (Phi) is 6.94. The van der Waals surface area contributed by atoms with E-state index in [-0.39, 0.29) is 18.4 Å². The second-order valence-electron chi connectivity index (χ2n) is 5.63. The molecule has 0 aliphatic rings. The number of hydrogen-bond donors (Lipinski definition) is 2. The van der Waals surface area contributed by atoms with Gasteiger partial charge in [-0.2, -0.15) is 4.98 Å². The van der Waals surface area contributed by atoms with E-state index < -0.39 is 0 Å². The van der Waals surface area contributed by atoms with Crippen molar-refractivity contribution >= 4 is 23.9 Å². The molecule has 0 fully saturated rings. The summed E-state index contributed by atoms with van der Waals surface area (Å²) in [5.74, 6) is 2.45. The first-order valence-electron chi connectivity index (χ1n) is 8.06. The highest BCUT2D eigenvalue weighted by molar-refractivity contribution is 5.85. The summed E-state index contributed by atoms with van der Waals surface area (Å²) in [6.45, 7) is 2.06. The molecule has 0 amide bonds. The van der Waals surface area contributed by atoms with E-state index in [0.29, 0.717) is 24.0 Å². The first-order valence-corrected chi connectivity index (χ1v) is 8.06. The van der Waals surface area contributed by atoms with Gasteiger partial charge in [-0.05, 0) is 38.2 Å². The number of rotatable bonds is 7. The molecule has 138 valence electrons. The Morgan fingerprint density at radius 3 is 2.77 bits per heavy atom. The SMILES string of the molecule is CNC(C)Cc1noc(-c2cccnc2Nc2ccccc2OC)n1.Cl. The lowest BCUT2D eigenvalue weighted by atomic mass is 10.2. The number of pyridine rings is 1. The van der Waals surface area contributed by atoms with Crippen LogP contribution in [-0.2, 0) is 6.42 Å². The van der Waals surface area contributed by atoms with Crippen molar-refractivity contribution in [2.75, 3.05) is 19.5 Å². The lowest BCUT2D eigenvalue weighted by molar-refractivity contribution is 0.416. The molecule has 0 radical (unpaired) electrons. The van der Waals surface area contributed by atoms with Crippen LogP contribution in [0.25, 0.3) is 11.5 Å². The van der Waals surface area contributed by atoms with Crippen molar-refractivity contribution in [3.8, 4) is 17.2 Å². The van der Waals surface area contributed by atoms with Crippen molar-refractivity contribution in [2.45, 2.75) is 19.4 Å². The Bertz CT molecular complexity index is 840. The summed E-state index contributed by atoms with van der Waals surface area (Å²) in [7, 11) is 3.54. The van der Waals surface area contributed by atoms with Gasteiger partial charge in [0, 0.05) is 18.7 Å². The van der Waals surface area contributed by atoms with Crippen LogP contribution in [0.5, 0.6) is 5.75 Å². The number of anilines is 2. The number of para-hydroxylation sites is 2. The van der Waals surface area contributed by atoms with Gasteiger partial charge in [-0.1, -0.05) is 17.3 Å². The number of nitrogens with zero attached hydrogens (tertiary/aromatic N) is 3. The summed E-state index contributed by atoms with van der Waals surface area (Å²) >= 11 is 0. The fraction of sp³-hybridized carbons (Fsp3) is 0.278. The number of hydrogen-bond acceptors (Lipinski definition) is 7. The third kappa shape index (κ3) is 4.50. The molecule has 26 heavy (non-hydrogen) atoms. The van der Waals surface area contributed by atoms with E-state index in [1.165, 1.54) is 0 Å². The molecule has 2 aromatic heterocycles. The predicted octanol–water partition coefficient (Wildman–Crippen LogP) is 3.46. The summed E-state index contributed by atoms with van der Waals surface area (Å²) < 4.78 is 10.8. The molecule has 8 heteroatoms. The Morgan fingerprint density at radius 2 is 2.00 bits per heavy atom. The van der Waals surface area contributed by atoms with Crippen LogP contribution >= 0.6 is 12.4 Å². The molecular formula is C18H22ClN5O2. The van der Waals surface area contributed by atoms with Gasteiger partial charge < -0.3 is 19.9 Å². The van der Waals surface area contributed by atoms with E-state index in [4.69, 9.17) is 9.26 Å². The number of likely N-dealkylation sites (N-methyl/N-ethyl adjacent to an activating group) is 1. The Morgan fingerprint density at radius 1 is 1.19 bits per heavy atom. The fourth-order valence-electron chi connectivity index (χ4n) is 2.38. The van der Waals surface area contributed by atoms with Crippen molar-refractivity contribution in [2.24, 2.45) is 0 Å². The molecule has 2 heterocycles. The first kappa shape index (κ1) is 19.7. The summed E-state index contributed by atoms with van der Waals surface area (Å²) in [6, 6.07) is 11.6. The average Bonchev–Trinajstić information content (AvgIpc) is 3.10. The van der Waals surface area contributed by atoms with E-state index in [9.17, 15) is 0 Å². The van der Waals surface area contributed by atoms with Crippen molar-refractivity contribution in [3.05, 3.63) is 48.4 Å². The highest BCUT2D eigenvalue weighted by Gasteiger charge is 2.16. The molecule has 0 spiro atoms. The van der Waals surface area contributed by atoms with E-state index in [0.717, 1.165) is 17.0 Å². The molecule has 0 saturated heterocycles. The standard InChI is InChI=1S/C18H21N5O2.ClH/c1-12(19-2)11-16-22-18(25-23-16)13-7-6-10-20-17(13)21-14-8-4-5-9-15(14)24-3;/h4-10,12,19H,11H2,1-3H3,(H,20,21);1H. The van der Waals surface area contributed by atoms with Gasteiger partial charge in [0.1, 0.15) is 11.6 Å². The Labute approximate surface area is 158 Å². The third-order valence-corrected chi connectivity index (χ3v) is 3.85. The van der Waals surface area contributed by atoms with Gasteiger partial charge in [-0.15, -0.1) is 12.4 Å². The van der Waals surface area contributed by atoms with E-state index in [2.05, 4.69) is 32.7 Å². The minimum Gasteiger partial charge on any atom is -0.495 e. The number of methoxy groups -OCH3 is 1. The van der Waals surface area contributed by atoms with Crippen LogP contribution in [0.4, 0.5) is 11.5 Å². The zero-order valence-electron chi connectivity index (χ0n) is 14.9. The molecule has 0 bridgehead atoms. The maximum Gasteiger partial charge on any atom is 0.261 e. The number of ether oxygens (including phenoxy) is 1. The van der Waals surface area contributed by atoms with Gasteiger partial charge in [0.15, 0.2) is 5.82 Å². The van der Waals surface area contributed by atoms with Crippen LogP contribution < -0.4 is 15.4 Å². The van der Waals surface area contributed by atoms with Crippen LogP contribution in [0.1, 0.15) is 12.7 Å². The van der Waals surface area contributed by atoms with E-state index >= 15 is 0 Å². The maximum absolute atomic E-state index is 5.43. The lowest BCUT2D eigenvalue weighted by Crippen LogP contribution is -2.24. The monoisotopic (exact) mass is 375 g/mol. The summed E-state index contributed by atoms with van der Waals surface area (Å²) in [6.07, 6.45) is 2.40. The van der Waals surface area contributed by atoms with Crippen LogP contribution in [0.15, 0.2) is 47.1 Å². The molecule has 3 aromatic rings. The molecule has 0 aliphatic heterocycles. The maximum atomic E-state index is 5.43. The minimum atomic E-state index is 0. The van der Waals surface area contributed by atoms with Crippen molar-refractivity contribution in [1.29, 1.82) is 0 Å². The van der Waals surface area contributed by atoms with Crippen molar-refractivity contribution in [1.82, 2.24) is 20.4 Å². The highest BCUT2D eigenvalue weighted by atomic mass is 35.5. The molecule has 7 nitrogen and oxygen atoms in total. The van der Waals surface area contributed by atoms with Gasteiger partial charge in [0.2, 0.25) is 0 Å². The average molecular weight is 376 g/mol. The Balaban J connectivity index is 0.00000243. The van der Waals surface area contributed by atoms with Gasteiger partial charge in [-0.3, -0.25) is 0 Å². The summed E-state index contributed by atoms with van der Waals surface area (Å²) in [4.78, 5) is 8.89. The molecule has 1 aromatic carbocycles. The number of nitrogens with one attached hydrogen (secondary N) is 2. The van der Waals surface area contributed by atoms with Gasteiger partial charge in [-0.25, -0.2) is 4.98 Å². The van der Waals surface area contributed by atoms with Crippen molar-refractivity contribution in [3.63, 3.8) is 0 Å².